The number of benzene rings is 6. The standard InChI is InChI=1S/C32H23N7O11S3/c33-28-27-18(16-26(53(48,49)50)31(32(27)41)39-34-19-4-2-1-3-5-19)15-25(52(45,46)47)30(28)38-36-21-9-7-20(8-10-21)35-37-29-23-12-11-22(51(42,43)44)14-17(23)6-13-24(29)40/h1-16,40-41H,33H2,(H,42,43,44)(H,45,46,47)(H,48,49,50). The predicted octanol–water partition coefficient (Wildman–Crippen LogP) is 7.97. The SMILES string of the molecule is Nc1c(N=Nc2ccc(N=Nc3c(O)ccc4cc(S(=O)(=O)O)ccc34)cc2)c(S(=O)(=O)O)cc2cc(S(=O)(=O)O)c(N=Nc3ccccc3)c(O)c12. The highest BCUT2D eigenvalue weighted by Crippen LogP contribution is 2.48. The van der Waals surface area contributed by atoms with Crippen molar-refractivity contribution in [2.45, 2.75) is 14.7 Å². The van der Waals surface area contributed by atoms with Crippen molar-refractivity contribution < 1.29 is 49.1 Å². The monoisotopic (exact) mass is 777 g/mol. The van der Waals surface area contributed by atoms with E-state index in [1.54, 1.807) is 18.2 Å². The molecule has 0 heterocycles. The largest absolute Gasteiger partial charge is 0.506 e. The fourth-order valence-electron chi connectivity index (χ4n) is 5.05. The van der Waals surface area contributed by atoms with Crippen molar-refractivity contribution in [3.05, 3.63) is 97.1 Å². The number of nitrogen functional groups attached to an aromatic ring is 1. The molecular weight excluding hydrogens is 755 g/mol. The van der Waals surface area contributed by atoms with Crippen molar-refractivity contribution in [3.63, 3.8) is 0 Å². The lowest BCUT2D eigenvalue weighted by Crippen LogP contribution is -2.03. The van der Waals surface area contributed by atoms with Crippen LogP contribution >= 0.6 is 0 Å². The average Bonchev–Trinajstić information content (AvgIpc) is 3.09. The summed E-state index contributed by atoms with van der Waals surface area (Å²) in [5.74, 6) is -1.17. The van der Waals surface area contributed by atoms with E-state index in [4.69, 9.17) is 5.73 Å². The van der Waals surface area contributed by atoms with E-state index in [0.717, 1.165) is 18.2 Å². The highest BCUT2D eigenvalue weighted by atomic mass is 32.2. The number of hydrogen-bond acceptors (Lipinski definition) is 15. The minimum Gasteiger partial charge on any atom is -0.506 e. The molecule has 7 N–H and O–H groups in total. The predicted molar refractivity (Wildman–Crippen MR) is 190 cm³/mol. The van der Waals surface area contributed by atoms with E-state index >= 15 is 0 Å². The van der Waals surface area contributed by atoms with Gasteiger partial charge in [-0.2, -0.15) is 40.6 Å². The normalized spacial score (nSPS) is 12.9. The van der Waals surface area contributed by atoms with Gasteiger partial charge < -0.3 is 15.9 Å². The summed E-state index contributed by atoms with van der Waals surface area (Å²) >= 11 is 0. The molecule has 0 fully saturated rings. The number of rotatable bonds is 9. The summed E-state index contributed by atoms with van der Waals surface area (Å²) in [6.07, 6.45) is 0. The Labute approximate surface area is 299 Å². The molecule has 0 amide bonds. The van der Waals surface area contributed by atoms with Crippen molar-refractivity contribution in [1.29, 1.82) is 0 Å². The van der Waals surface area contributed by atoms with Gasteiger partial charge in [-0.3, -0.25) is 13.7 Å². The summed E-state index contributed by atoms with van der Waals surface area (Å²) in [7, 11) is -14.6. The fourth-order valence-corrected chi connectivity index (χ4v) is 6.90. The maximum absolute atomic E-state index is 12.4. The van der Waals surface area contributed by atoms with Crippen LogP contribution in [0.25, 0.3) is 21.5 Å². The first-order chi connectivity index (χ1) is 24.9. The van der Waals surface area contributed by atoms with Gasteiger partial charge in [0.25, 0.3) is 30.4 Å². The van der Waals surface area contributed by atoms with E-state index in [9.17, 15) is 49.1 Å². The van der Waals surface area contributed by atoms with Crippen molar-refractivity contribution in [1.82, 2.24) is 0 Å². The van der Waals surface area contributed by atoms with Gasteiger partial charge >= 0.3 is 0 Å². The first kappa shape index (κ1) is 36.6. The lowest BCUT2D eigenvalue weighted by Gasteiger charge is -2.14. The van der Waals surface area contributed by atoms with E-state index in [2.05, 4.69) is 30.7 Å². The quantitative estimate of drug-likeness (QED) is 0.0462. The summed E-state index contributed by atoms with van der Waals surface area (Å²) < 4.78 is 102. The first-order valence-corrected chi connectivity index (χ1v) is 18.9. The van der Waals surface area contributed by atoms with Crippen LogP contribution in [0.5, 0.6) is 11.5 Å². The van der Waals surface area contributed by atoms with Crippen LogP contribution in [0.3, 0.4) is 0 Å². The molecule has 0 aliphatic carbocycles. The van der Waals surface area contributed by atoms with Gasteiger partial charge in [-0.25, -0.2) is 0 Å². The zero-order chi connectivity index (χ0) is 38.3. The molecule has 0 saturated carbocycles. The fraction of sp³-hybridized carbons (Fsp3) is 0. The summed E-state index contributed by atoms with van der Waals surface area (Å²) in [5, 5.41) is 45.3. The molecular formula is C32H23N7O11S3. The molecule has 270 valence electrons. The number of hydrogen-bond donors (Lipinski definition) is 6. The Balaban J connectivity index is 1.38. The van der Waals surface area contributed by atoms with Crippen molar-refractivity contribution >= 4 is 91.7 Å². The highest BCUT2D eigenvalue weighted by molar-refractivity contribution is 7.86. The number of anilines is 1. The number of phenols is 2. The maximum atomic E-state index is 12.4. The van der Waals surface area contributed by atoms with Crippen LogP contribution in [-0.4, -0.2) is 49.1 Å². The third-order valence-corrected chi connectivity index (χ3v) is 10.1. The molecule has 0 radical (unpaired) electrons. The summed E-state index contributed by atoms with van der Waals surface area (Å²) in [4.78, 5) is -2.19. The Hall–Kier alpha value is -6.23. The Morgan fingerprint density at radius 2 is 1.00 bits per heavy atom. The molecule has 6 aromatic rings. The van der Waals surface area contributed by atoms with Gasteiger partial charge in [0.2, 0.25) is 0 Å². The number of fused-ring (bicyclic) bond motifs is 2. The molecule has 21 heteroatoms. The molecule has 6 aromatic carbocycles. The molecule has 53 heavy (non-hydrogen) atoms. The van der Waals surface area contributed by atoms with E-state index in [0.29, 0.717) is 10.8 Å². The van der Waals surface area contributed by atoms with Crippen LogP contribution in [0.4, 0.5) is 39.8 Å². The van der Waals surface area contributed by atoms with Crippen molar-refractivity contribution in [2.24, 2.45) is 30.7 Å². The summed E-state index contributed by atoms with van der Waals surface area (Å²) in [5.41, 5.74) is 4.97. The number of aromatic hydroxyl groups is 2. The molecule has 0 spiro atoms. The number of azo groups is 3. The van der Waals surface area contributed by atoms with E-state index in [1.807, 2.05) is 0 Å². The molecule has 0 aliphatic heterocycles. The van der Waals surface area contributed by atoms with Gasteiger partial charge in [-0.05, 0) is 77.5 Å². The zero-order valence-electron chi connectivity index (χ0n) is 26.4. The average molecular weight is 778 g/mol. The Kier molecular flexibility index (Phi) is 9.46. The molecule has 0 saturated heterocycles. The lowest BCUT2D eigenvalue weighted by atomic mass is 10.1. The van der Waals surface area contributed by atoms with Gasteiger partial charge in [0.05, 0.1) is 33.0 Å². The summed E-state index contributed by atoms with van der Waals surface area (Å²) in [6.45, 7) is 0. The van der Waals surface area contributed by atoms with Crippen LogP contribution in [0, 0.1) is 0 Å². The van der Waals surface area contributed by atoms with E-state index in [1.165, 1.54) is 60.7 Å². The minimum absolute atomic E-state index is 0.00864. The number of phenolic OH excluding ortho intramolecular Hbond substituents is 2. The smallest absolute Gasteiger partial charge is 0.296 e. The highest BCUT2D eigenvalue weighted by Gasteiger charge is 2.28. The molecule has 0 bridgehead atoms. The topological polar surface area (TPSA) is 304 Å². The van der Waals surface area contributed by atoms with Crippen molar-refractivity contribution in [3.8, 4) is 11.5 Å². The van der Waals surface area contributed by atoms with E-state index in [-0.39, 0.29) is 44.2 Å². The van der Waals surface area contributed by atoms with Crippen molar-refractivity contribution in [2.75, 3.05) is 5.73 Å². The molecule has 18 nitrogen and oxygen atoms in total. The van der Waals surface area contributed by atoms with Gasteiger partial charge in [0.15, 0.2) is 5.75 Å². The summed E-state index contributed by atoms with van der Waals surface area (Å²) in [6, 6.07) is 21.6. The third kappa shape index (κ3) is 7.69. The van der Waals surface area contributed by atoms with Gasteiger partial charge in [-0.15, -0.1) is 15.3 Å². The molecule has 0 aromatic heterocycles. The Morgan fingerprint density at radius 3 is 1.55 bits per heavy atom. The van der Waals surface area contributed by atoms with Gasteiger partial charge in [0, 0.05) is 5.39 Å². The van der Waals surface area contributed by atoms with Crippen LogP contribution in [0.1, 0.15) is 0 Å². The lowest BCUT2D eigenvalue weighted by molar-refractivity contribution is 0.472. The molecule has 0 aliphatic rings. The first-order valence-electron chi connectivity index (χ1n) is 14.6. The van der Waals surface area contributed by atoms with Gasteiger partial charge in [-0.1, -0.05) is 30.3 Å². The molecule has 6 rings (SSSR count). The second kappa shape index (κ2) is 13.7. The van der Waals surface area contributed by atoms with Crippen LogP contribution < -0.4 is 5.73 Å². The Bertz CT molecular complexity index is 2890. The van der Waals surface area contributed by atoms with E-state index < -0.39 is 63.0 Å². The second-order valence-electron chi connectivity index (χ2n) is 11.0. The maximum Gasteiger partial charge on any atom is 0.296 e. The number of nitrogens with two attached hydrogens (primary N) is 1. The zero-order valence-corrected chi connectivity index (χ0v) is 28.9. The van der Waals surface area contributed by atoms with Crippen LogP contribution in [-0.2, 0) is 30.4 Å². The number of nitrogens with zero attached hydrogens (tertiary/aromatic N) is 6. The van der Waals surface area contributed by atoms with Crippen LogP contribution in [0.2, 0.25) is 0 Å². The Morgan fingerprint density at radius 1 is 0.491 bits per heavy atom. The van der Waals surface area contributed by atoms with Crippen LogP contribution in [0.15, 0.2) is 142 Å². The second-order valence-corrected chi connectivity index (χ2v) is 15.2. The minimum atomic E-state index is -5.10. The molecule has 0 unspecified atom stereocenters. The molecule has 0 atom stereocenters. The third-order valence-electron chi connectivity index (χ3n) is 7.51. The van der Waals surface area contributed by atoms with Gasteiger partial charge in [0.1, 0.15) is 32.6 Å².